The fourth-order valence-electron chi connectivity index (χ4n) is 2.25. The van der Waals surface area contributed by atoms with E-state index in [1.54, 1.807) is 7.11 Å². The highest BCUT2D eigenvalue weighted by atomic mass is 79.9. The van der Waals surface area contributed by atoms with Gasteiger partial charge in [0, 0.05) is 4.47 Å². The number of hydrogen-bond donors (Lipinski definition) is 0. The Kier molecular flexibility index (Phi) is 5.50. The number of alkyl halides is 1. The van der Waals surface area contributed by atoms with Crippen molar-refractivity contribution >= 4 is 27.5 Å². The predicted molar refractivity (Wildman–Crippen MR) is 88.6 cm³/mol. The summed E-state index contributed by atoms with van der Waals surface area (Å²) in [6.07, 6.45) is 0.904. The fraction of sp³-hybridized carbons (Fsp3) is 0.294. The minimum Gasteiger partial charge on any atom is -0.497 e. The number of rotatable bonds is 5. The lowest BCUT2D eigenvalue weighted by Crippen LogP contribution is -2.08. The van der Waals surface area contributed by atoms with Crippen molar-refractivity contribution < 1.29 is 4.74 Å². The van der Waals surface area contributed by atoms with Gasteiger partial charge in [0.05, 0.1) is 12.5 Å². The molecule has 0 radical (unpaired) electrons. The van der Waals surface area contributed by atoms with Crippen molar-refractivity contribution in [1.29, 1.82) is 0 Å². The van der Waals surface area contributed by atoms with E-state index < -0.39 is 0 Å². The standard InChI is InChI=1S/C17H18BrClO/c1-12(17(19)13-6-4-3-5-7-13)10-14-11-15(20-2)8-9-16(14)18/h3-9,11-12,17H,10H2,1-2H3. The molecule has 1 nitrogen and oxygen atoms in total. The lowest BCUT2D eigenvalue weighted by atomic mass is 9.93. The first-order valence-electron chi connectivity index (χ1n) is 6.63. The summed E-state index contributed by atoms with van der Waals surface area (Å²) >= 11 is 10.2. The van der Waals surface area contributed by atoms with Gasteiger partial charge < -0.3 is 4.74 Å². The molecule has 0 amide bonds. The van der Waals surface area contributed by atoms with Crippen molar-refractivity contribution in [1.82, 2.24) is 0 Å². The zero-order chi connectivity index (χ0) is 14.5. The Bertz CT molecular complexity index is 556. The predicted octanol–water partition coefficient (Wildman–Crippen LogP) is 5.62. The van der Waals surface area contributed by atoms with Crippen LogP contribution in [-0.2, 0) is 6.42 Å². The zero-order valence-corrected chi connectivity index (χ0v) is 14.0. The molecular weight excluding hydrogens is 336 g/mol. The lowest BCUT2D eigenvalue weighted by Gasteiger charge is -2.19. The third kappa shape index (κ3) is 3.77. The van der Waals surface area contributed by atoms with Crippen LogP contribution < -0.4 is 4.74 Å². The van der Waals surface area contributed by atoms with Crippen LogP contribution >= 0.6 is 27.5 Å². The van der Waals surface area contributed by atoms with E-state index in [4.69, 9.17) is 16.3 Å². The molecule has 0 aliphatic rings. The van der Waals surface area contributed by atoms with Crippen LogP contribution in [0.15, 0.2) is 53.0 Å². The molecule has 2 rings (SSSR count). The Labute approximate surface area is 134 Å². The molecule has 2 aromatic rings. The maximum absolute atomic E-state index is 6.59. The van der Waals surface area contributed by atoms with Crippen LogP contribution in [0.5, 0.6) is 5.75 Å². The molecule has 0 saturated heterocycles. The van der Waals surface area contributed by atoms with Gasteiger partial charge >= 0.3 is 0 Å². The first kappa shape index (κ1) is 15.4. The van der Waals surface area contributed by atoms with Gasteiger partial charge in [0.1, 0.15) is 5.75 Å². The highest BCUT2D eigenvalue weighted by molar-refractivity contribution is 9.10. The van der Waals surface area contributed by atoms with Crippen LogP contribution in [0.3, 0.4) is 0 Å². The van der Waals surface area contributed by atoms with Crippen molar-refractivity contribution in [3.63, 3.8) is 0 Å². The smallest absolute Gasteiger partial charge is 0.119 e. The molecule has 0 aliphatic heterocycles. The summed E-state index contributed by atoms with van der Waals surface area (Å²) in [5.41, 5.74) is 2.39. The van der Waals surface area contributed by atoms with Crippen molar-refractivity contribution in [2.75, 3.05) is 7.11 Å². The highest BCUT2D eigenvalue weighted by Crippen LogP contribution is 2.33. The molecule has 20 heavy (non-hydrogen) atoms. The summed E-state index contributed by atoms with van der Waals surface area (Å²) in [5, 5.41) is 0.00861. The summed E-state index contributed by atoms with van der Waals surface area (Å²) in [7, 11) is 1.69. The normalized spacial score (nSPS) is 13.8. The summed E-state index contributed by atoms with van der Waals surface area (Å²) < 4.78 is 6.38. The number of hydrogen-bond acceptors (Lipinski definition) is 1. The molecule has 2 unspecified atom stereocenters. The van der Waals surface area contributed by atoms with Gasteiger partial charge in [-0.2, -0.15) is 0 Å². The Balaban J connectivity index is 2.13. The second-order valence-electron chi connectivity index (χ2n) is 4.95. The summed E-state index contributed by atoms with van der Waals surface area (Å²) in [4.78, 5) is 0. The van der Waals surface area contributed by atoms with Crippen LogP contribution in [0.1, 0.15) is 23.4 Å². The Morgan fingerprint density at radius 3 is 2.50 bits per heavy atom. The van der Waals surface area contributed by atoms with Gasteiger partial charge in [-0.15, -0.1) is 11.6 Å². The molecule has 0 N–H and O–H groups in total. The van der Waals surface area contributed by atoms with Crippen LogP contribution in [0.2, 0.25) is 0 Å². The molecular formula is C17H18BrClO. The summed E-state index contributed by atoms with van der Waals surface area (Å²) in [5.74, 6) is 1.21. The van der Waals surface area contributed by atoms with E-state index in [0.717, 1.165) is 16.6 Å². The largest absolute Gasteiger partial charge is 0.497 e. The average Bonchev–Trinajstić information content (AvgIpc) is 2.49. The van der Waals surface area contributed by atoms with Gasteiger partial charge in [-0.1, -0.05) is 53.2 Å². The van der Waals surface area contributed by atoms with Crippen LogP contribution in [0.4, 0.5) is 0 Å². The topological polar surface area (TPSA) is 9.23 Å². The van der Waals surface area contributed by atoms with Crippen LogP contribution in [0.25, 0.3) is 0 Å². The molecule has 0 fully saturated rings. The second kappa shape index (κ2) is 7.14. The van der Waals surface area contributed by atoms with Crippen molar-refractivity contribution in [3.8, 4) is 5.75 Å². The average molecular weight is 354 g/mol. The number of benzene rings is 2. The van der Waals surface area contributed by atoms with Gasteiger partial charge in [-0.3, -0.25) is 0 Å². The van der Waals surface area contributed by atoms with Crippen molar-refractivity contribution in [2.45, 2.75) is 18.7 Å². The maximum atomic E-state index is 6.59. The van der Waals surface area contributed by atoms with E-state index in [9.17, 15) is 0 Å². The minimum absolute atomic E-state index is 0.00861. The number of methoxy groups -OCH3 is 1. The monoisotopic (exact) mass is 352 g/mol. The maximum Gasteiger partial charge on any atom is 0.119 e. The van der Waals surface area contributed by atoms with Crippen LogP contribution in [-0.4, -0.2) is 7.11 Å². The number of ether oxygens (including phenoxy) is 1. The zero-order valence-electron chi connectivity index (χ0n) is 11.6. The number of halogens is 2. The molecule has 0 spiro atoms. The van der Waals surface area contributed by atoms with E-state index in [-0.39, 0.29) is 5.38 Å². The summed E-state index contributed by atoms with van der Waals surface area (Å²) in [6, 6.07) is 16.3. The molecule has 106 valence electrons. The van der Waals surface area contributed by atoms with Crippen molar-refractivity contribution in [3.05, 3.63) is 64.1 Å². The third-order valence-electron chi connectivity index (χ3n) is 3.41. The SMILES string of the molecule is COc1ccc(Br)c(CC(C)C(Cl)c2ccccc2)c1. The minimum atomic E-state index is 0.00861. The third-order valence-corrected chi connectivity index (χ3v) is 4.87. The van der Waals surface area contributed by atoms with Gasteiger partial charge in [-0.05, 0) is 41.7 Å². The molecule has 0 bridgehead atoms. The molecule has 0 saturated carbocycles. The Morgan fingerprint density at radius 1 is 1.15 bits per heavy atom. The molecule has 2 aromatic carbocycles. The van der Waals surface area contributed by atoms with Crippen molar-refractivity contribution in [2.24, 2.45) is 5.92 Å². The molecule has 0 aromatic heterocycles. The highest BCUT2D eigenvalue weighted by Gasteiger charge is 2.18. The van der Waals surface area contributed by atoms with Gasteiger partial charge in [0.2, 0.25) is 0 Å². The second-order valence-corrected chi connectivity index (χ2v) is 6.28. The quantitative estimate of drug-likeness (QED) is 0.634. The lowest BCUT2D eigenvalue weighted by molar-refractivity contribution is 0.413. The van der Waals surface area contributed by atoms with Gasteiger partial charge in [0.15, 0.2) is 0 Å². The first-order valence-corrected chi connectivity index (χ1v) is 7.86. The van der Waals surface area contributed by atoms with Crippen LogP contribution in [0, 0.1) is 5.92 Å². The summed E-state index contributed by atoms with van der Waals surface area (Å²) in [6.45, 7) is 2.18. The Hall–Kier alpha value is -0.990. The van der Waals surface area contributed by atoms with Gasteiger partial charge in [0.25, 0.3) is 0 Å². The molecule has 0 heterocycles. The van der Waals surface area contributed by atoms with E-state index in [1.807, 2.05) is 30.3 Å². The first-order chi connectivity index (χ1) is 9.61. The van der Waals surface area contributed by atoms with Gasteiger partial charge in [-0.25, -0.2) is 0 Å². The van der Waals surface area contributed by atoms with E-state index in [1.165, 1.54) is 11.1 Å². The van der Waals surface area contributed by atoms with E-state index in [0.29, 0.717) is 5.92 Å². The van der Waals surface area contributed by atoms with E-state index in [2.05, 4.69) is 41.1 Å². The molecule has 0 aliphatic carbocycles. The molecule has 3 heteroatoms. The molecule has 2 atom stereocenters. The fourth-order valence-corrected chi connectivity index (χ4v) is 2.89. The Morgan fingerprint density at radius 2 is 1.85 bits per heavy atom. The van der Waals surface area contributed by atoms with E-state index >= 15 is 0 Å².